The van der Waals surface area contributed by atoms with Gasteiger partial charge in [0, 0.05) is 0 Å². The molecular formula is C3H2O3. The number of aldehydes is 1. The quantitative estimate of drug-likeness (QED) is 0.454. The van der Waals surface area contributed by atoms with Crippen molar-refractivity contribution < 1.29 is 14.7 Å². The van der Waals surface area contributed by atoms with Gasteiger partial charge in [-0.05, 0) is 0 Å². The van der Waals surface area contributed by atoms with E-state index in [9.17, 15) is 4.79 Å². The molecule has 0 spiro atoms. The molecule has 1 N–H and O–H groups in total. The van der Waals surface area contributed by atoms with E-state index in [4.69, 9.17) is 9.90 Å². The average Bonchev–Trinajstić information content (AvgIpc) is 1.35. The Morgan fingerprint density at radius 1 is 1.83 bits per heavy atom. The summed E-state index contributed by atoms with van der Waals surface area (Å²) in [4.78, 5) is 18.4. The molecule has 0 rings (SSSR count). The molecule has 3 nitrogen and oxygen atoms in total. The van der Waals surface area contributed by atoms with E-state index in [1.807, 2.05) is 0 Å². The number of hydrogen-bond donors (Lipinski definition) is 1. The van der Waals surface area contributed by atoms with Crippen LogP contribution in [0.2, 0.25) is 0 Å². The summed E-state index contributed by atoms with van der Waals surface area (Å²) in [5.41, 5.74) is 0. The minimum absolute atomic E-state index is 0.0995. The Balaban J connectivity index is 3.05. The van der Waals surface area contributed by atoms with E-state index >= 15 is 0 Å². The van der Waals surface area contributed by atoms with Crippen molar-refractivity contribution in [2.75, 3.05) is 0 Å². The van der Waals surface area contributed by atoms with Crippen LogP contribution in [0.15, 0.2) is 0 Å². The highest BCUT2D eigenvalue weighted by Crippen LogP contribution is 1.62. The monoisotopic (exact) mass is 86.0 g/mol. The van der Waals surface area contributed by atoms with E-state index in [1.54, 1.807) is 0 Å². The van der Waals surface area contributed by atoms with Crippen LogP contribution in [-0.2, 0) is 9.59 Å². The largest absolute Gasteiger partial charge is 0.480 e. The van der Waals surface area contributed by atoms with Gasteiger partial charge in [-0.15, -0.1) is 0 Å². The smallest absolute Gasteiger partial charge is 0.320 e. The van der Waals surface area contributed by atoms with Gasteiger partial charge in [-0.1, -0.05) is 0 Å². The van der Waals surface area contributed by atoms with Crippen LogP contribution in [0.4, 0.5) is 0 Å². The maximum absolute atomic E-state index is 9.26. The van der Waals surface area contributed by atoms with Crippen molar-refractivity contribution in [2.45, 2.75) is 0 Å². The highest BCUT2D eigenvalue weighted by molar-refractivity contribution is 5.94. The zero-order chi connectivity index (χ0) is 4.99. The van der Waals surface area contributed by atoms with E-state index in [0.717, 1.165) is 0 Å². The van der Waals surface area contributed by atoms with Crippen molar-refractivity contribution in [3.63, 3.8) is 0 Å². The number of rotatable bonds is 2. The Morgan fingerprint density at radius 2 is 2.33 bits per heavy atom. The van der Waals surface area contributed by atoms with Crippen molar-refractivity contribution in [3.05, 3.63) is 6.42 Å². The summed E-state index contributed by atoms with van der Waals surface area (Å²) >= 11 is 0. The first-order valence-electron chi connectivity index (χ1n) is 1.20. The summed E-state index contributed by atoms with van der Waals surface area (Å²) in [5, 5.41) is 7.57. The first-order valence-corrected chi connectivity index (χ1v) is 1.20. The molecule has 6 heavy (non-hydrogen) atoms. The molecule has 0 fully saturated rings. The molecule has 0 aromatic rings. The van der Waals surface area contributed by atoms with Gasteiger partial charge in [0.2, 0.25) is 0 Å². The van der Waals surface area contributed by atoms with E-state index in [-0.39, 0.29) is 6.29 Å². The van der Waals surface area contributed by atoms with Gasteiger partial charge in [0.25, 0.3) is 0 Å². The lowest BCUT2D eigenvalue weighted by Gasteiger charge is -1.69. The second-order valence-electron chi connectivity index (χ2n) is 0.567. The third kappa shape index (κ3) is 3.14. The molecule has 2 radical (unpaired) electrons. The van der Waals surface area contributed by atoms with Crippen molar-refractivity contribution >= 4 is 12.3 Å². The minimum atomic E-state index is -1.33. The third-order valence-corrected chi connectivity index (χ3v) is 0.182. The summed E-state index contributed by atoms with van der Waals surface area (Å²) in [6.07, 6.45) is 1.54. The van der Waals surface area contributed by atoms with Crippen LogP contribution in [-0.4, -0.2) is 17.4 Å². The Hall–Kier alpha value is -0.860. The molecule has 0 atom stereocenters. The van der Waals surface area contributed by atoms with Crippen molar-refractivity contribution in [3.8, 4) is 0 Å². The fourth-order valence-electron chi connectivity index (χ4n) is 0.0504. The Labute approximate surface area is 34.6 Å². The fourth-order valence-corrected chi connectivity index (χ4v) is 0.0504. The lowest BCUT2D eigenvalue weighted by Crippen LogP contribution is -1.94. The lowest BCUT2D eigenvalue weighted by molar-refractivity contribution is -0.133. The van der Waals surface area contributed by atoms with Gasteiger partial charge in [-0.2, -0.15) is 0 Å². The molecule has 0 aliphatic rings. The van der Waals surface area contributed by atoms with Crippen LogP contribution in [0.1, 0.15) is 0 Å². The molecule has 0 unspecified atom stereocenters. The van der Waals surface area contributed by atoms with E-state index in [1.165, 1.54) is 6.42 Å². The Kier molecular flexibility index (Phi) is 2.04. The van der Waals surface area contributed by atoms with Crippen molar-refractivity contribution in [1.82, 2.24) is 0 Å². The van der Waals surface area contributed by atoms with E-state index < -0.39 is 5.97 Å². The maximum Gasteiger partial charge on any atom is 0.320 e. The minimum Gasteiger partial charge on any atom is -0.480 e. The predicted molar refractivity (Wildman–Crippen MR) is 16.9 cm³/mol. The van der Waals surface area contributed by atoms with Crippen molar-refractivity contribution in [1.29, 1.82) is 0 Å². The molecule has 0 aliphatic heterocycles. The van der Waals surface area contributed by atoms with Crippen molar-refractivity contribution in [2.24, 2.45) is 0 Å². The molecule has 0 heterocycles. The topological polar surface area (TPSA) is 54.4 Å². The number of aliphatic carboxylic acids is 1. The Bertz CT molecular complexity index is 66.4. The molecule has 0 saturated carbocycles. The van der Waals surface area contributed by atoms with Gasteiger partial charge < -0.3 is 9.90 Å². The first-order chi connectivity index (χ1) is 2.77. The molecule has 0 saturated heterocycles. The van der Waals surface area contributed by atoms with Crippen LogP contribution in [0.3, 0.4) is 0 Å². The van der Waals surface area contributed by atoms with Gasteiger partial charge in [0.05, 0.1) is 0 Å². The Morgan fingerprint density at radius 3 is 2.33 bits per heavy atom. The SMILES string of the molecule is O=C[C]C(=O)O. The zero-order valence-corrected chi connectivity index (χ0v) is 2.84. The summed E-state index contributed by atoms with van der Waals surface area (Å²) in [6, 6.07) is 0. The second kappa shape index (κ2) is 2.38. The molecule has 0 aromatic heterocycles. The van der Waals surface area contributed by atoms with E-state index in [0.29, 0.717) is 0 Å². The van der Waals surface area contributed by atoms with Crippen LogP contribution in [0.25, 0.3) is 0 Å². The van der Waals surface area contributed by atoms with Crippen LogP contribution in [0.5, 0.6) is 0 Å². The number of carbonyl (C=O) groups excluding carboxylic acids is 1. The number of carboxylic acid groups (broad SMARTS) is 1. The molecule has 3 heteroatoms. The highest BCUT2D eigenvalue weighted by atomic mass is 16.4. The first kappa shape index (κ1) is 5.14. The molecule has 0 amide bonds. The third-order valence-electron chi connectivity index (χ3n) is 0.182. The highest BCUT2D eigenvalue weighted by Gasteiger charge is 1.90. The fraction of sp³-hybridized carbons (Fsp3) is 0. The van der Waals surface area contributed by atoms with Gasteiger partial charge in [0.1, 0.15) is 6.29 Å². The number of carbonyl (C=O) groups is 2. The zero-order valence-electron chi connectivity index (χ0n) is 2.84. The van der Waals surface area contributed by atoms with Crippen LogP contribution >= 0.6 is 0 Å². The van der Waals surface area contributed by atoms with E-state index in [2.05, 4.69) is 0 Å². The molecule has 0 aromatic carbocycles. The number of hydrogen-bond acceptors (Lipinski definition) is 2. The number of carboxylic acids is 1. The van der Waals surface area contributed by atoms with Gasteiger partial charge in [0.15, 0.2) is 6.42 Å². The maximum atomic E-state index is 9.26. The second-order valence-corrected chi connectivity index (χ2v) is 0.567. The summed E-state index contributed by atoms with van der Waals surface area (Å²) in [5.74, 6) is -1.33. The van der Waals surface area contributed by atoms with Gasteiger partial charge in [-0.3, -0.25) is 4.79 Å². The van der Waals surface area contributed by atoms with Gasteiger partial charge >= 0.3 is 5.97 Å². The summed E-state index contributed by atoms with van der Waals surface area (Å²) < 4.78 is 0. The predicted octanol–water partition coefficient (Wildman–Crippen LogP) is -0.649. The average molecular weight is 86.0 g/mol. The van der Waals surface area contributed by atoms with Crippen LogP contribution < -0.4 is 0 Å². The lowest BCUT2D eigenvalue weighted by atomic mass is 10.5. The molecule has 0 aliphatic carbocycles. The summed E-state index contributed by atoms with van der Waals surface area (Å²) in [6.45, 7) is 0. The summed E-state index contributed by atoms with van der Waals surface area (Å²) in [7, 11) is 0. The molecular weight excluding hydrogens is 84.0 g/mol. The normalized spacial score (nSPS) is 7.33. The molecule has 32 valence electrons. The van der Waals surface area contributed by atoms with Crippen LogP contribution in [0, 0.1) is 6.42 Å². The van der Waals surface area contributed by atoms with Gasteiger partial charge in [-0.25, -0.2) is 0 Å². The molecule has 0 bridgehead atoms. The standard InChI is InChI=1S/C3H2O3/c4-2-1-3(5)6/h2H,(H,5,6).